The standard InChI is InChI=1S/C14H24N6/c1-3-11-12-13(18(2)17-11)20(14(15)16-12)10-9-19-7-5-4-6-8-19/h3-10H2,1-2H3,(H2,15,16). The highest BCUT2D eigenvalue weighted by Crippen LogP contribution is 2.21. The fourth-order valence-electron chi connectivity index (χ4n) is 3.14. The van der Waals surface area contributed by atoms with Gasteiger partial charge in [-0.1, -0.05) is 13.3 Å². The zero-order valence-corrected chi connectivity index (χ0v) is 12.5. The molecule has 0 spiro atoms. The maximum Gasteiger partial charge on any atom is 0.202 e. The van der Waals surface area contributed by atoms with Gasteiger partial charge in [-0.15, -0.1) is 0 Å². The topological polar surface area (TPSA) is 64.9 Å². The van der Waals surface area contributed by atoms with E-state index in [0.717, 1.165) is 36.4 Å². The fraction of sp³-hybridized carbons (Fsp3) is 0.714. The molecule has 2 N–H and O–H groups in total. The maximum atomic E-state index is 6.10. The molecule has 20 heavy (non-hydrogen) atoms. The smallest absolute Gasteiger partial charge is 0.202 e. The Bertz CT molecular complexity index is 590. The molecule has 0 aliphatic carbocycles. The van der Waals surface area contributed by atoms with Crippen molar-refractivity contribution in [2.24, 2.45) is 7.05 Å². The van der Waals surface area contributed by atoms with Gasteiger partial charge in [0.05, 0.1) is 5.69 Å². The van der Waals surface area contributed by atoms with Crippen molar-refractivity contribution in [3.63, 3.8) is 0 Å². The van der Waals surface area contributed by atoms with E-state index >= 15 is 0 Å². The van der Waals surface area contributed by atoms with Crippen molar-refractivity contribution in [3.8, 4) is 0 Å². The molecule has 0 radical (unpaired) electrons. The summed E-state index contributed by atoms with van der Waals surface area (Å²) in [6.45, 7) is 6.46. The molecule has 6 nitrogen and oxygen atoms in total. The van der Waals surface area contributed by atoms with Crippen LogP contribution in [-0.2, 0) is 20.0 Å². The van der Waals surface area contributed by atoms with Crippen molar-refractivity contribution in [2.45, 2.75) is 39.2 Å². The van der Waals surface area contributed by atoms with Crippen molar-refractivity contribution in [3.05, 3.63) is 5.69 Å². The van der Waals surface area contributed by atoms with Crippen molar-refractivity contribution < 1.29 is 0 Å². The van der Waals surface area contributed by atoms with Gasteiger partial charge in [0.25, 0.3) is 0 Å². The van der Waals surface area contributed by atoms with E-state index in [1.165, 1.54) is 32.4 Å². The average molecular weight is 276 g/mol. The summed E-state index contributed by atoms with van der Waals surface area (Å²) in [4.78, 5) is 7.03. The van der Waals surface area contributed by atoms with Gasteiger partial charge in [-0.3, -0.25) is 9.25 Å². The first-order valence-corrected chi connectivity index (χ1v) is 7.60. The van der Waals surface area contributed by atoms with Crippen LogP contribution >= 0.6 is 0 Å². The van der Waals surface area contributed by atoms with Gasteiger partial charge in [0.1, 0.15) is 5.52 Å². The van der Waals surface area contributed by atoms with Crippen LogP contribution in [0.1, 0.15) is 31.9 Å². The van der Waals surface area contributed by atoms with Crippen LogP contribution < -0.4 is 5.73 Å². The zero-order valence-electron chi connectivity index (χ0n) is 12.5. The second-order valence-corrected chi connectivity index (χ2v) is 5.62. The molecule has 1 aliphatic heterocycles. The molecule has 2 aromatic heterocycles. The summed E-state index contributed by atoms with van der Waals surface area (Å²) in [7, 11) is 1.97. The number of hydrogen-bond acceptors (Lipinski definition) is 4. The third-order valence-electron chi connectivity index (χ3n) is 4.24. The number of rotatable bonds is 4. The van der Waals surface area contributed by atoms with Crippen LogP contribution in [0.3, 0.4) is 0 Å². The predicted octanol–water partition coefficient (Wildman–Crippen LogP) is 1.40. The molecular weight excluding hydrogens is 252 g/mol. The summed E-state index contributed by atoms with van der Waals surface area (Å²) in [5, 5.41) is 4.53. The minimum absolute atomic E-state index is 0.611. The number of anilines is 1. The van der Waals surface area contributed by atoms with Gasteiger partial charge in [-0.05, 0) is 32.4 Å². The molecule has 0 saturated carbocycles. The predicted molar refractivity (Wildman–Crippen MR) is 80.6 cm³/mol. The number of aryl methyl sites for hydroxylation is 2. The Kier molecular flexibility index (Phi) is 3.65. The molecule has 0 aromatic carbocycles. The Labute approximate surface area is 119 Å². The number of nitrogen functional groups attached to an aromatic ring is 1. The van der Waals surface area contributed by atoms with Crippen LogP contribution in [0.15, 0.2) is 0 Å². The summed E-state index contributed by atoms with van der Waals surface area (Å²) in [6.07, 6.45) is 4.90. The van der Waals surface area contributed by atoms with Crippen LogP contribution in [0, 0.1) is 0 Å². The molecule has 0 bridgehead atoms. The minimum Gasteiger partial charge on any atom is -0.369 e. The number of likely N-dealkylation sites (tertiary alicyclic amines) is 1. The number of imidazole rings is 1. The second kappa shape index (κ2) is 5.44. The van der Waals surface area contributed by atoms with Crippen LogP contribution in [0.4, 0.5) is 5.95 Å². The lowest BCUT2D eigenvalue weighted by Crippen LogP contribution is -2.32. The Hall–Kier alpha value is -1.56. The molecule has 1 saturated heterocycles. The van der Waals surface area contributed by atoms with Gasteiger partial charge >= 0.3 is 0 Å². The first-order chi connectivity index (χ1) is 9.70. The lowest BCUT2D eigenvalue weighted by Gasteiger charge is -2.26. The highest BCUT2D eigenvalue weighted by atomic mass is 15.4. The van der Waals surface area contributed by atoms with Crippen LogP contribution in [-0.4, -0.2) is 43.9 Å². The molecule has 1 fully saturated rings. The SMILES string of the molecule is CCc1nn(C)c2c1nc(N)n2CCN1CCCCC1. The molecule has 0 unspecified atom stereocenters. The molecule has 3 rings (SSSR count). The molecule has 3 heterocycles. The van der Waals surface area contributed by atoms with E-state index in [-0.39, 0.29) is 0 Å². The van der Waals surface area contributed by atoms with Crippen LogP contribution in [0.5, 0.6) is 0 Å². The van der Waals surface area contributed by atoms with Gasteiger partial charge in [-0.2, -0.15) is 5.10 Å². The van der Waals surface area contributed by atoms with Crippen LogP contribution in [0.25, 0.3) is 11.2 Å². The van der Waals surface area contributed by atoms with E-state index < -0.39 is 0 Å². The summed E-state index contributed by atoms with van der Waals surface area (Å²) in [5.41, 5.74) is 9.15. The van der Waals surface area contributed by atoms with Crippen molar-refractivity contribution in [1.82, 2.24) is 24.2 Å². The number of aromatic nitrogens is 4. The Morgan fingerprint density at radius 3 is 2.60 bits per heavy atom. The first kappa shape index (κ1) is 13.4. The number of nitrogens with zero attached hydrogens (tertiary/aromatic N) is 5. The first-order valence-electron chi connectivity index (χ1n) is 7.60. The molecule has 0 atom stereocenters. The lowest BCUT2D eigenvalue weighted by atomic mass is 10.1. The van der Waals surface area contributed by atoms with Crippen molar-refractivity contribution >= 4 is 17.1 Å². The van der Waals surface area contributed by atoms with Crippen LogP contribution in [0.2, 0.25) is 0 Å². The zero-order chi connectivity index (χ0) is 14.1. The third-order valence-corrected chi connectivity index (χ3v) is 4.24. The number of nitrogens with two attached hydrogens (primary N) is 1. The molecule has 6 heteroatoms. The minimum atomic E-state index is 0.611. The van der Waals surface area contributed by atoms with E-state index in [0.29, 0.717) is 5.95 Å². The summed E-state index contributed by atoms with van der Waals surface area (Å²) < 4.78 is 4.02. The molecule has 1 aliphatic rings. The molecular formula is C14H24N6. The average Bonchev–Trinajstić information content (AvgIpc) is 2.95. The normalized spacial score (nSPS) is 17.1. The Morgan fingerprint density at radius 2 is 1.90 bits per heavy atom. The molecule has 0 amide bonds. The lowest BCUT2D eigenvalue weighted by molar-refractivity contribution is 0.221. The second-order valence-electron chi connectivity index (χ2n) is 5.62. The monoisotopic (exact) mass is 276 g/mol. The van der Waals surface area contributed by atoms with Crippen molar-refractivity contribution in [2.75, 3.05) is 25.4 Å². The van der Waals surface area contributed by atoms with Crippen molar-refractivity contribution in [1.29, 1.82) is 0 Å². The molecule has 2 aromatic rings. The van der Waals surface area contributed by atoms with Gasteiger partial charge < -0.3 is 10.6 Å². The Morgan fingerprint density at radius 1 is 1.15 bits per heavy atom. The fourth-order valence-corrected chi connectivity index (χ4v) is 3.14. The van der Waals surface area contributed by atoms with E-state index in [1.54, 1.807) is 0 Å². The highest BCUT2D eigenvalue weighted by molar-refractivity contribution is 5.77. The quantitative estimate of drug-likeness (QED) is 0.917. The van der Waals surface area contributed by atoms with E-state index in [1.807, 2.05) is 11.7 Å². The van der Waals surface area contributed by atoms with Gasteiger partial charge in [0.15, 0.2) is 5.65 Å². The summed E-state index contributed by atoms with van der Waals surface area (Å²) in [5.74, 6) is 0.611. The number of fused-ring (bicyclic) bond motifs is 1. The van der Waals surface area contributed by atoms with Gasteiger partial charge in [-0.25, -0.2) is 4.98 Å². The van der Waals surface area contributed by atoms with E-state index in [9.17, 15) is 0 Å². The summed E-state index contributed by atoms with van der Waals surface area (Å²) in [6, 6.07) is 0. The number of hydrogen-bond donors (Lipinski definition) is 1. The maximum absolute atomic E-state index is 6.10. The third kappa shape index (κ3) is 2.28. The highest BCUT2D eigenvalue weighted by Gasteiger charge is 2.18. The summed E-state index contributed by atoms with van der Waals surface area (Å²) >= 11 is 0. The molecule has 110 valence electrons. The van der Waals surface area contributed by atoms with E-state index in [2.05, 4.69) is 26.5 Å². The van der Waals surface area contributed by atoms with E-state index in [4.69, 9.17) is 5.73 Å². The Balaban J connectivity index is 1.83. The van der Waals surface area contributed by atoms with Gasteiger partial charge in [0, 0.05) is 20.1 Å². The number of piperidine rings is 1. The largest absolute Gasteiger partial charge is 0.369 e. The van der Waals surface area contributed by atoms with Gasteiger partial charge in [0.2, 0.25) is 5.95 Å².